The van der Waals surface area contributed by atoms with Crippen molar-refractivity contribution >= 4 is 43.0 Å². The summed E-state index contributed by atoms with van der Waals surface area (Å²) >= 11 is 0. The second-order valence-electron chi connectivity index (χ2n) is 16.8. The monoisotopic (exact) mass is 1050 g/mol. The topological polar surface area (TPSA) is 284 Å². The van der Waals surface area contributed by atoms with Gasteiger partial charge in [0, 0.05) is 24.3 Å². The lowest BCUT2D eigenvalue weighted by Gasteiger charge is -2.21. The van der Waals surface area contributed by atoms with E-state index in [0.717, 1.165) is 36.4 Å². The van der Waals surface area contributed by atoms with Crippen molar-refractivity contribution in [2.75, 3.05) is 50.1 Å². The number of benzene rings is 3. The molecule has 3 aromatic carbocycles. The number of anilines is 2. The molecule has 0 radical (unpaired) electrons. The van der Waals surface area contributed by atoms with Crippen LogP contribution in [-0.4, -0.2) is 84.9 Å². The van der Waals surface area contributed by atoms with Crippen LogP contribution in [0.3, 0.4) is 0 Å². The largest absolute Gasteiger partial charge is 0.303 e. The second-order valence-corrected chi connectivity index (χ2v) is 19.6. The number of unbranched alkanes of at least 4 members (excludes halogenated alkanes) is 8. The third-order valence-electron chi connectivity index (χ3n) is 10.5. The molecule has 0 amide bonds. The molecule has 0 aliphatic carbocycles. The van der Waals surface area contributed by atoms with Crippen LogP contribution in [0, 0.1) is 20.2 Å². The van der Waals surface area contributed by atoms with E-state index in [9.17, 15) is 55.8 Å². The van der Waals surface area contributed by atoms with E-state index in [4.69, 9.17) is 0 Å². The molecule has 0 unspecified atom stereocenters. The van der Waals surface area contributed by atoms with Crippen molar-refractivity contribution in [1.29, 1.82) is 0 Å². The van der Waals surface area contributed by atoms with Gasteiger partial charge < -0.3 is 9.80 Å². The highest BCUT2D eigenvalue weighted by Crippen LogP contribution is 2.27. The highest BCUT2D eigenvalue weighted by molar-refractivity contribution is 7.86. The van der Waals surface area contributed by atoms with Crippen LogP contribution in [0.2, 0.25) is 0 Å². The first-order valence-corrected chi connectivity index (χ1v) is 28.4. The van der Waals surface area contributed by atoms with Crippen molar-refractivity contribution in [3.05, 3.63) is 99.9 Å². The molecule has 3 aromatic rings. The number of nitrogens with zero attached hydrogens (tertiary/aromatic N) is 6. The van der Waals surface area contributed by atoms with Gasteiger partial charge in [-0.2, -0.15) is 27.0 Å². The van der Waals surface area contributed by atoms with Crippen molar-refractivity contribution in [1.82, 2.24) is 9.80 Å². The molecule has 0 heterocycles. The van der Waals surface area contributed by atoms with E-state index >= 15 is 0 Å². The standard InChI is InChI=1S/C18H12N6O12S2.2C12H27N.2C4H10/c25-14-6-5-13(21-19-11-3-1-9(23(27)28)7-15(11)37(31,32)33)18(26)17(14)22-20-12-4-2-10(24(29)30)8-16(12)38(34,35)36;2*1-4-7-10-13(11-8-5-2)12-9-6-3;2*1-3-4-2/h1-8,19-20H,(H,31,32,33)(H,34,35,36);2*4-12H2,1-3H3;2*3-4H2,1-2H3/b21-13+,22-17?;;;;. The fraction of sp³-hybridized carbons (Fsp3) is 0.640. The van der Waals surface area contributed by atoms with Crippen LogP contribution in [0.5, 0.6) is 0 Å². The first-order chi connectivity index (χ1) is 34.1. The van der Waals surface area contributed by atoms with Gasteiger partial charge in [0.05, 0.1) is 21.2 Å². The van der Waals surface area contributed by atoms with E-state index in [0.29, 0.717) is 12.1 Å². The van der Waals surface area contributed by atoms with Crippen LogP contribution in [0.15, 0.2) is 78.1 Å². The lowest BCUT2D eigenvalue weighted by molar-refractivity contribution is -0.385. The van der Waals surface area contributed by atoms with Gasteiger partial charge in [0.2, 0.25) is 10.9 Å². The van der Waals surface area contributed by atoms with Gasteiger partial charge in [-0.15, -0.1) is 0 Å². The van der Waals surface area contributed by atoms with Crippen LogP contribution in [0.25, 0.3) is 0 Å². The maximum atomic E-state index is 12.7. The minimum Gasteiger partial charge on any atom is -0.303 e. The number of nitro benzene ring substituents is 2. The molecule has 0 aliphatic rings. The summed E-state index contributed by atoms with van der Waals surface area (Å²) in [6.07, 6.45) is 21.5. The molecule has 0 saturated heterocycles. The van der Waals surface area contributed by atoms with Gasteiger partial charge in [-0.05, 0) is 102 Å². The van der Waals surface area contributed by atoms with Crippen molar-refractivity contribution in [3.63, 3.8) is 0 Å². The van der Waals surface area contributed by atoms with Crippen LogP contribution in [-0.2, 0) is 20.2 Å². The zero-order valence-electron chi connectivity index (χ0n) is 44.7. The molecule has 22 heteroatoms. The minimum absolute atomic E-state index is 0.469. The molecule has 0 aliphatic heterocycles. The SMILES string of the molecule is CCCC.CCCC.CCCCN(CCCC)CCCC.CCCCN(CCCC)CCCC.O=c1cc/c(=N\Nc2ccc([N+](=O)[O-])cc2S(=O)(=O)O)c(=O)c1=NNc1ccc([N+](=O)[O-])cc1S(=O)(=O)O. The molecule has 3 rings (SSSR count). The Morgan fingerprint density at radius 3 is 1.06 bits per heavy atom. The second kappa shape index (κ2) is 40.5. The lowest BCUT2D eigenvalue weighted by Crippen LogP contribution is -2.48. The van der Waals surface area contributed by atoms with E-state index in [-0.39, 0.29) is 0 Å². The number of nitro groups is 2. The van der Waals surface area contributed by atoms with Crippen molar-refractivity contribution in [2.45, 2.75) is 182 Å². The maximum absolute atomic E-state index is 12.7. The fourth-order valence-corrected chi connectivity index (χ4v) is 7.12. The van der Waals surface area contributed by atoms with Gasteiger partial charge in [-0.1, -0.05) is 133 Å². The Morgan fingerprint density at radius 2 is 0.792 bits per heavy atom. The normalized spacial score (nSPS) is 11.6. The Bertz CT molecular complexity index is 2380. The molecule has 72 heavy (non-hydrogen) atoms. The minimum atomic E-state index is -5.01. The molecule has 0 fully saturated rings. The predicted molar refractivity (Wildman–Crippen MR) is 289 cm³/mol. The molecule has 4 N–H and O–H groups in total. The highest BCUT2D eigenvalue weighted by atomic mass is 32.2. The molecule has 0 bridgehead atoms. The van der Waals surface area contributed by atoms with Crippen LogP contribution >= 0.6 is 0 Å². The maximum Gasteiger partial charge on any atom is 0.296 e. The highest BCUT2D eigenvalue weighted by Gasteiger charge is 2.22. The van der Waals surface area contributed by atoms with Gasteiger partial charge >= 0.3 is 0 Å². The van der Waals surface area contributed by atoms with Gasteiger partial charge in [-0.3, -0.25) is 49.8 Å². The van der Waals surface area contributed by atoms with E-state index in [1.807, 2.05) is 0 Å². The zero-order valence-corrected chi connectivity index (χ0v) is 46.3. The summed E-state index contributed by atoms with van der Waals surface area (Å²) in [5.74, 6) is 0. The number of rotatable bonds is 28. The van der Waals surface area contributed by atoms with Gasteiger partial charge in [0.25, 0.3) is 31.6 Å². The van der Waals surface area contributed by atoms with Gasteiger partial charge in [-0.25, -0.2) is 0 Å². The number of hydrogen-bond acceptors (Lipinski definition) is 16. The van der Waals surface area contributed by atoms with Crippen molar-refractivity contribution in [3.8, 4) is 0 Å². The molecule has 0 atom stereocenters. The summed E-state index contributed by atoms with van der Waals surface area (Å²) in [6, 6.07) is 6.24. The third kappa shape index (κ3) is 30.1. The molecule has 0 spiro atoms. The molecular weight excluding hydrogens is 969 g/mol. The average molecular weight is 1060 g/mol. The number of non-ortho nitro benzene ring substituents is 2. The summed E-state index contributed by atoms with van der Waals surface area (Å²) in [7, 11) is -9.99. The molecule has 0 saturated carbocycles. The Labute approximate surface area is 428 Å². The Kier molecular flexibility index (Phi) is 38.8. The molecule has 410 valence electrons. The first kappa shape index (κ1) is 69.1. The quantitative estimate of drug-likeness (QED) is 0.0299. The van der Waals surface area contributed by atoms with Crippen LogP contribution in [0.4, 0.5) is 22.7 Å². The van der Waals surface area contributed by atoms with Gasteiger partial charge in [0.15, 0.2) is 5.36 Å². The summed E-state index contributed by atoms with van der Waals surface area (Å²) in [5, 5.41) is 27.5. The summed E-state index contributed by atoms with van der Waals surface area (Å²) in [5.41, 5.74) is -0.322. The van der Waals surface area contributed by atoms with Crippen LogP contribution < -0.4 is 32.4 Å². The van der Waals surface area contributed by atoms with E-state index in [2.05, 4.69) is 100 Å². The molecular formula is C50H86N8O12S2. The number of hydrogen-bond donors (Lipinski definition) is 4. The third-order valence-corrected chi connectivity index (χ3v) is 12.3. The molecule has 20 nitrogen and oxygen atoms in total. The van der Waals surface area contributed by atoms with E-state index < -0.39 is 84.2 Å². The Morgan fingerprint density at radius 1 is 0.486 bits per heavy atom. The zero-order chi connectivity index (χ0) is 55.1. The number of nitrogens with one attached hydrogen (secondary N) is 2. The molecule has 0 aromatic heterocycles. The van der Waals surface area contributed by atoms with Crippen molar-refractivity contribution < 1.29 is 35.8 Å². The van der Waals surface area contributed by atoms with E-state index in [1.165, 1.54) is 142 Å². The fourth-order valence-electron chi connectivity index (χ4n) is 5.79. The summed E-state index contributed by atoms with van der Waals surface area (Å²) < 4.78 is 65.2. The lowest BCUT2D eigenvalue weighted by atomic mass is 10.2. The average Bonchev–Trinajstić information content (AvgIpc) is 3.35. The van der Waals surface area contributed by atoms with Crippen molar-refractivity contribution in [2.24, 2.45) is 10.2 Å². The van der Waals surface area contributed by atoms with Crippen LogP contribution in [0.1, 0.15) is 172 Å². The smallest absolute Gasteiger partial charge is 0.296 e. The first-order valence-electron chi connectivity index (χ1n) is 25.5. The Balaban J connectivity index is 0. The van der Waals surface area contributed by atoms with Gasteiger partial charge in [0.1, 0.15) is 15.1 Å². The summed E-state index contributed by atoms with van der Waals surface area (Å²) in [6.45, 7) is 30.3. The predicted octanol–water partition coefficient (Wildman–Crippen LogP) is 10.4. The summed E-state index contributed by atoms with van der Waals surface area (Å²) in [4.78, 5) is 48.2. The van der Waals surface area contributed by atoms with E-state index in [1.54, 1.807) is 0 Å². The Hall–Kier alpha value is -5.00.